The first-order valence-electron chi connectivity index (χ1n) is 6.32. The average molecular weight is 349 g/mol. The quantitative estimate of drug-likeness (QED) is 0.624. The molecule has 0 amide bonds. The number of para-hydroxylation sites is 1. The molecule has 1 heterocycles. The van der Waals surface area contributed by atoms with E-state index >= 15 is 0 Å². The van der Waals surface area contributed by atoms with Gasteiger partial charge in [-0.15, -0.1) is 0 Å². The predicted molar refractivity (Wildman–Crippen MR) is 88.7 cm³/mol. The molecule has 0 N–H and O–H groups in total. The van der Waals surface area contributed by atoms with Crippen molar-refractivity contribution in [1.82, 2.24) is 9.78 Å². The number of benzene rings is 2. The topological polar surface area (TPSA) is 41.6 Å². The fourth-order valence-corrected chi connectivity index (χ4v) is 2.86. The van der Waals surface area contributed by atoms with Gasteiger partial charge in [-0.25, -0.2) is 4.68 Å². The van der Waals surface area contributed by atoms with Gasteiger partial charge in [-0.3, -0.25) is 0 Å². The third kappa shape index (κ3) is 2.46. The smallest absolute Gasteiger partial charge is 0.182 e. The van der Waals surface area contributed by atoms with E-state index in [4.69, 9.17) is 34.8 Å². The molecular formula is C16H8Cl3N3. The zero-order valence-electron chi connectivity index (χ0n) is 11.1. The molecule has 2 aromatic carbocycles. The number of hydrogen-bond donors (Lipinski definition) is 0. The van der Waals surface area contributed by atoms with Gasteiger partial charge in [-0.1, -0.05) is 65.1 Å². The average Bonchev–Trinajstić information content (AvgIpc) is 2.85. The van der Waals surface area contributed by atoms with Gasteiger partial charge in [0.05, 0.1) is 21.4 Å². The highest BCUT2D eigenvalue weighted by Gasteiger charge is 2.21. The molecule has 3 rings (SSSR count). The van der Waals surface area contributed by atoms with Crippen LogP contribution in [0.2, 0.25) is 15.1 Å². The van der Waals surface area contributed by atoms with Gasteiger partial charge in [0.25, 0.3) is 0 Å². The Morgan fingerprint density at radius 3 is 2.18 bits per heavy atom. The highest BCUT2D eigenvalue weighted by molar-refractivity contribution is 6.37. The van der Waals surface area contributed by atoms with Crippen molar-refractivity contribution in [2.24, 2.45) is 0 Å². The first kappa shape index (κ1) is 14.9. The van der Waals surface area contributed by atoms with Gasteiger partial charge in [0.2, 0.25) is 0 Å². The van der Waals surface area contributed by atoms with Crippen LogP contribution in [0.4, 0.5) is 0 Å². The van der Waals surface area contributed by atoms with Crippen LogP contribution in [-0.2, 0) is 0 Å². The number of hydrogen-bond acceptors (Lipinski definition) is 2. The summed E-state index contributed by atoms with van der Waals surface area (Å²) in [4.78, 5) is 0. The van der Waals surface area contributed by atoms with Crippen LogP contribution in [-0.4, -0.2) is 9.78 Å². The van der Waals surface area contributed by atoms with E-state index in [1.54, 1.807) is 22.9 Å². The van der Waals surface area contributed by atoms with Crippen molar-refractivity contribution < 1.29 is 0 Å². The number of nitrogens with zero attached hydrogens (tertiary/aromatic N) is 3. The zero-order valence-corrected chi connectivity index (χ0v) is 13.4. The molecule has 6 heteroatoms. The van der Waals surface area contributed by atoms with Crippen LogP contribution in [0.1, 0.15) is 5.69 Å². The Hall–Kier alpha value is -1.99. The molecule has 0 atom stereocenters. The lowest BCUT2D eigenvalue weighted by Gasteiger charge is -2.10. The van der Waals surface area contributed by atoms with E-state index < -0.39 is 0 Å². The molecular weight excluding hydrogens is 341 g/mol. The molecule has 0 unspecified atom stereocenters. The minimum atomic E-state index is 0.122. The summed E-state index contributed by atoms with van der Waals surface area (Å²) in [6.45, 7) is 0. The Labute approximate surface area is 142 Å². The third-order valence-electron chi connectivity index (χ3n) is 3.14. The number of halogens is 3. The lowest BCUT2D eigenvalue weighted by molar-refractivity contribution is 0.880. The predicted octanol–water partition coefficient (Wildman–Crippen LogP) is 5.37. The Morgan fingerprint density at radius 2 is 1.55 bits per heavy atom. The molecule has 0 radical (unpaired) electrons. The number of rotatable bonds is 2. The van der Waals surface area contributed by atoms with Crippen LogP contribution >= 0.6 is 34.8 Å². The maximum absolute atomic E-state index is 9.21. The summed E-state index contributed by atoms with van der Waals surface area (Å²) in [5, 5.41) is 14.7. The second-order valence-corrected chi connectivity index (χ2v) is 5.66. The van der Waals surface area contributed by atoms with Gasteiger partial charge in [0, 0.05) is 5.56 Å². The van der Waals surface area contributed by atoms with Crippen molar-refractivity contribution in [2.75, 3.05) is 0 Å². The van der Waals surface area contributed by atoms with E-state index in [-0.39, 0.29) is 10.7 Å². The Kier molecular flexibility index (Phi) is 4.08. The van der Waals surface area contributed by atoms with Crippen LogP contribution in [0.5, 0.6) is 0 Å². The third-order valence-corrected chi connectivity index (χ3v) is 4.15. The second-order valence-electron chi connectivity index (χ2n) is 4.47. The fraction of sp³-hybridized carbons (Fsp3) is 0. The molecule has 0 aliphatic rings. The van der Waals surface area contributed by atoms with Gasteiger partial charge in [-0.2, -0.15) is 10.4 Å². The lowest BCUT2D eigenvalue weighted by atomic mass is 10.1. The maximum Gasteiger partial charge on any atom is 0.182 e. The van der Waals surface area contributed by atoms with Crippen LogP contribution in [0.3, 0.4) is 0 Å². The summed E-state index contributed by atoms with van der Waals surface area (Å²) in [5.41, 5.74) is 1.97. The minimum absolute atomic E-state index is 0.122. The summed E-state index contributed by atoms with van der Waals surface area (Å²) < 4.78 is 1.55. The highest BCUT2D eigenvalue weighted by Crippen LogP contribution is 2.37. The van der Waals surface area contributed by atoms with Gasteiger partial charge in [0.15, 0.2) is 5.69 Å². The first-order chi connectivity index (χ1) is 10.6. The van der Waals surface area contributed by atoms with E-state index in [0.717, 1.165) is 0 Å². The number of aromatic nitrogens is 2. The van der Waals surface area contributed by atoms with Crippen molar-refractivity contribution in [3.05, 3.63) is 69.3 Å². The van der Waals surface area contributed by atoms with E-state index in [1.165, 1.54) is 0 Å². The molecule has 0 aliphatic heterocycles. The van der Waals surface area contributed by atoms with Crippen molar-refractivity contribution in [3.63, 3.8) is 0 Å². The molecule has 22 heavy (non-hydrogen) atoms. The van der Waals surface area contributed by atoms with Gasteiger partial charge in [0.1, 0.15) is 11.1 Å². The Bertz CT molecular complexity index is 894. The second kappa shape index (κ2) is 6.02. The van der Waals surface area contributed by atoms with E-state index in [9.17, 15) is 5.26 Å². The fourth-order valence-electron chi connectivity index (χ4n) is 2.15. The Morgan fingerprint density at radius 1 is 0.909 bits per heavy atom. The molecule has 3 nitrogen and oxygen atoms in total. The molecule has 0 saturated carbocycles. The summed E-state index contributed by atoms with van der Waals surface area (Å²) >= 11 is 18.8. The Balaban J connectivity index is 2.36. The lowest BCUT2D eigenvalue weighted by Crippen LogP contribution is -2.00. The van der Waals surface area contributed by atoms with E-state index in [1.807, 2.05) is 36.4 Å². The summed E-state index contributed by atoms with van der Waals surface area (Å²) in [6, 6.07) is 16.4. The summed E-state index contributed by atoms with van der Waals surface area (Å²) in [6.07, 6.45) is 0. The van der Waals surface area contributed by atoms with Crippen LogP contribution in [0.25, 0.3) is 16.9 Å². The normalized spacial score (nSPS) is 10.5. The molecule has 0 bridgehead atoms. The molecule has 0 fully saturated rings. The van der Waals surface area contributed by atoms with Crippen molar-refractivity contribution in [3.8, 4) is 23.0 Å². The molecule has 0 spiro atoms. The van der Waals surface area contributed by atoms with Crippen molar-refractivity contribution >= 4 is 34.8 Å². The van der Waals surface area contributed by atoms with Crippen LogP contribution in [0, 0.1) is 11.3 Å². The highest BCUT2D eigenvalue weighted by atomic mass is 35.5. The summed E-state index contributed by atoms with van der Waals surface area (Å²) in [5.74, 6) is 0. The number of nitriles is 1. The SMILES string of the molecule is N#Cc1nn(-c2ccccc2Cl)c(-c2ccccc2Cl)c1Cl. The molecule has 108 valence electrons. The van der Waals surface area contributed by atoms with Gasteiger partial charge in [-0.05, 0) is 18.2 Å². The zero-order chi connectivity index (χ0) is 15.7. The first-order valence-corrected chi connectivity index (χ1v) is 7.45. The maximum atomic E-state index is 9.21. The molecule has 3 aromatic rings. The largest absolute Gasteiger partial charge is 0.229 e. The monoisotopic (exact) mass is 347 g/mol. The van der Waals surface area contributed by atoms with Gasteiger partial charge < -0.3 is 0 Å². The van der Waals surface area contributed by atoms with Crippen LogP contribution < -0.4 is 0 Å². The standard InChI is InChI=1S/C16H8Cl3N3/c17-11-6-2-1-5-10(11)16-15(19)13(9-20)21-22(16)14-8-4-3-7-12(14)18/h1-8H. The molecule has 1 aromatic heterocycles. The summed E-state index contributed by atoms with van der Waals surface area (Å²) in [7, 11) is 0. The van der Waals surface area contributed by atoms with Gasteiger partial charge >= 0.3 is 0 Å². The van der Waals surface area contributed by atoms with E-state index in [2.05, 4.69) is 5.10 Å². The van der Waals surface area contributed by atoms with Crippen molar-refractivity contribution in [1.29, 1.82) is 5.26 Å². The van der Waals surface area contributed by atoms with Crippen LogP contribution in [0.15, 0.2) is 48.5 Å². The minimum Gasteiger partial charge on any atom is -0.229 e. The molecule has 0 aliphatic carbocycles. The van der Waals surface area contributed by atoms with Crippen molar-refractivity contribution in [2.45, 2.75) is 0 Å². The van der Waals surface area contributed by atoms with E-state index in [0.29, 0.717) is 27.0 Å². The molecule has 0 saturated heterocycles.